The number of hydrogen-bond acceptors (Lipinski definition) is 4. The number of carbonyl (C=O) groups excluding carboxylic acids is 1. The Bertz CT molecular complexity index is 1140. The highest BCUT2D eigenvalue weighted by molar-refractivity contribution is 6.30. The molecule has 1 aliphatic carbocycles. The molecule has 2 fully saturated rings. The lowest BCUT2D eigenvalue weighted by molar-refractivity contribution is 0.0374. The molecule has 1 saturated heterocycles. The molecular formula is C21H21ClN4O3. The summed E-state index contributed by atoms with van der Waals surface area (Å²) in [6, 6.07) is 9.23. The van der Waals surface area contributed by atoms with Gasteiger partial charge in [0.05, 0.1) is 34.5 Å². The quantitative estimate of drug-likeness (QED) is 0.676. The van der Waals surface area contributed by atoms with Gasteiger partial charge in [0.1, 0.15) is 5.56 Å². The molecule has 3 heterocycles. The van der Waals surface area contributed by atoms with Gasteiger partial charge >= 0.3 is 0 Å². The minimum absolute atomic E-state index is 0.0637. The largest absolute Gasteiger partial charge is 0.391 e. The zero-order chi connectivity index (χ0) is 20.1. The van der Waals surface area contributed by atoms with Crippen LogP contribution >= 0.6 is 11.6 Å². The maximum absolute atomic E-state index is 12.9. The van der Waals surface area contributed by atoms with Gasteiger partial charge < -0.3 is 19.6 Å². The van der Waals surface area contributed by atoms with E-state index in [1.165, 1.54) is 12.3 Å². The predicted octanol–water partition coefficient (Wildman–Crippen LogP) is 2.46. The summed E-state index contributed by atoms with van der Waals surface area (Å²) in [7, 11) is 0. The zero-order valence-electron chi connectivity index (χ0n) is 15.7. The highest BCUT2D eigenvalue weighted by atomic mass is 35.5. The number of benzene rings is 1. The van der Waals surface area contributed by atoms with E-state index >= 15 is 0 Å². The van der Waals surface area contributed by atoms with Gasteiger partial charge in [0.25, 0.3) is 11.5 Å². The molecule has 0 radical (unpaired) electrons. The Kier molecular flexibility index (Phi) is 4.44. The van der Waals surface area contributed by atoms with E-state index in [4.69, 9.17) is 11.6 Å². The molecule has 8 heteroatoms. The first-order valence-electron chi connectivity index (χ1n) is 9.78. The number of para-hydroxylation sites is 2. The van der Waals surface area contributed by atoms with Crippen LogP contribution in [0.5, 0.6) is 0 Å². The van der Waals surface area contributed by atoms with Gasteiger partial charge in [-0.15, -0.1) is 0 Å². The molecule has 1 saturated carbocycles. The van der Waals surface area contributed by atoms with E-state index in [1.807, 2.05) is 24.3 Å². The zero-order valence-corrected chi connectivity index (χ0v) is 16.4. The third kappa shape index (κ3) is 3.14. The molecule has 1 aromatic carbocycles. The van der Waals surface area contributed by atoms with Crippen LogP contribution in [0.15, 0.2) is 47.7 Å². The fourth-order valence-electron chi connectivity index (χ4n) is 4.90. The van der Waals surface area contributed by atoms with Crippen LogP contribution in [-0.4, -0.2) is 49.6 Å². The molecular weight excluding hydrogens is 392 g/mol. The van der Waals surface area contributed by atoms with Gasteiger partial charge in [-0.05, 0) is 42.9 Å². The summed E-state index contributed by atoms with van der Waals surface area (Å²) in [5, 5.41) is 11.2. The van der Waals surface area contributed by atoms with E-state index in [1.54, 1.807) is 11.2 Å². The third-order valence-corrected chi connectivity index (χ3v) is 6.55. The second-order valence-electron chi connectivity index (χ2n) is 8.04. The highest BCUT2D eigenvalue weighted by Crippen LogP contribution is 2.42. The molecule has 2 aliphatic rings. The molecule has 0 bridgehead atoms. The Morgan fingerprint density at radius 1 is 1.21 bits per heavy atom. The molecule has 29 heavy (non-hydrogen) atoms. The van der Waals surface area contributed by atoms with Crippen LogP contribution in [0.2, 0.25) is 5.02 Å². The molecule has 2 aromatic heterocycles. The van der Waals surface area contributed by atoms with E-state index in [9.17, 15) is 14.7 Å². The Hall–Kier alpha value is -2.64. The first-order valence-corrected chi connectivity index (χ1v) is 10.2. The summed E-state index contributed by atoms with van der Waals surface area (Å²) in [6.45, 7) is 1.12. The number of pyridine rings is 1. The van der Waals surface area contributed by atoms with Crippen molar-refractivity contribution in [2.75, 3.05) is 13.1 Å². The number of rotatable bonds is 2. The summed E-state index contributed by atoms with van der Waals surface area (Å²) in [6.07, 6.45) is 4.06. The number of aliphatic hydroxyl groups excluding tert-OH is 1. The molecule has 1 aliphatic heterocycles. The normalized spacial score (nSPS) is 26.6. The molecule has 1 amide bonds. The average Bonchev–Trinajstić information content (AvgIpc) is 3.32. The van der Waals surface area contributed by atoms with E-state index in [0.717, 1.165) is 17.5 Å². The van der Waals surface area contributed by atoms with Gasteiger partial charge in [-0.3, -0.25) is 9.59 Å². The average molecular weight is 413 g/mol. The van der Waals surface area contributed by atoms with Gasteiger partial charge in [-0.25, -0.2) is 4.98 Å². The maximum Gasteiger partial charge on any atom is 0.260 e. The van der Waals surface area contributed by atoms with Crippen LogP contribution in [-0.2, 0) is 0 Å². The number of aromatic amines is 1. The Balaban J connectivity index is 1.38. The smallest absolute Gasteiger partial charge is 0.260 e. The first-order chi connectivity index (χ1) is 14.0. The summed E-state index contributed by atoms with van der Waals surface area (Å²) in [5.74, 6) is 0.187. The Morgan fingerprint density at radius 2 is 1.97 bits per heavy atom. The number of imidazole rings is 1. The van der Waals surface area contributed by atoms with E-state index < -0.39 is 11.7 Å². The van der Waals surface area contributed by atoms with Crippen molar-refractivity contribution in [3.8, 4) is 0 Å². The topological polar surface area (TPSA) is 91.2 Å². The second-order valence-corrected chi connectivity index (χ2v) is 8.47. The molecule has 0 unspecified atom stereocenters. The van der Waals surface area contributed by atoms with E-state index in [2.05, 4.69) is 14.5 Å². The minimum atomic E-state index is -0.501. The van der Waals surface area contributed by atoms with Gasteiger partial charge in [-0.1, -0.05) is 23.7 Å². The fourth-order valence-corrected chi connectivity index (χ4v) is 5.06. The summed E-state index contributed by atoms with van der Waals surface area (Å²) in [4.78, 5) is 33.6. The number of hydrogen-bond donors (Lipinski definition) is 2. The standard InChI is InChI=1S/C21H21ClN4O3/c22-14-7-15(20(28)23-8-14)21(29)25-9-12-5-18(19(27)6-13(12)10-25)26-11-24-16-3-1-2-4-17(16)26/h1-4,7-8,11-13,18-19,27H,5-6,9-10H2,(H,23,28)/t12-,13+,18-,19-/m1/s1. The number of H-pyrrole nitrogens is 1. The number of aromatic nitrogens is 3. The summed E-state index contributed by atoms with van der Waals surface area (Å²) >= 11 is 5.95. The lowest BCUT2D eigenvalue weighted by Gasteiger charge is -2.36. The number of fused-ring (bicyclic) bond motifs is 2. The third-order valence-electron chi connectivity index (χ3n) is 6.33. The Morgan fingerprint density at radius 3 is 2.79 bits per heavy atom. The number of carbonyl (C=O) groups is 1. The predicted molar refractivity (Wildman–Crippen MR) is 109 cm³/mol. The van der Waals surface area contributed by atoms with Crippen molar-refractivity contribution in [2.24, 2.45) is 11.8 Å². The van der Waals surface area contributed by atoms with E-state index in [-0.39, 0.29) is 29.3 Å². The number of aliphatic hydroxyl groups is 1. The minimum Gasteiger partial charge on any atom is -0.391 e. The van der Waals surface area contributed by atoms with Gasteiger partial charge in [0.2, 0.25) is 0 Å². The monoisotopic (exact) mass is 412 g/mol. The number of halogens is 1. The van der Waals surface area contributed by atoms with Gasteiger partial charge in [0.15, 0.2) is 0 Å². The van der Waals surface area contributed by atoms with Crippen molar-refractivity contribution in [1.29, 1.82) is 0 Å². The highest BCUT2D eigenvalue weighted by Gasteiger charge is 2.44. The number of nitrogens with zero attached hydrogens (tertiary/aromatic N) is 3. The van der Waals surface area contributed by atoms with Crippen molar-refractivity contribution < 1.29 is 9.90 Å². The van der Waals surface area contributed by atoms with Crippen molar-refractivity contribution in [3.63, 3.8) is 0 Å². The van der Waals surface area contributed by atoms with Crippen molar-refractivity contribution in [3.05, 3.63) is 63.8 Å². The molecule has 150 valence electrons. The SMILES string of the molecule is O=C(c1cc(Cl)c[nH]c1=O)N1C[C@H]2C[C@@H](n3cnc4ccccc43)[C@H](O)C[C@H]2C1. The van der Waals surface area contributed by atoms with Crippen LogP contribution in [0, 0.1) is 11.8 Å². The number of likely N-dealkylation sites (tertiary alicyclic amines) is 1. The summed E-state index contributed by atoms with van der Waals surface area (Å²) in [5.41, 5.74) is 1.54. The molecule has 0 spiro atoms. The van der Waals surface area contributed by atoms with Crippen LogP contribution in [0.1, 0.15) is 29.2 Å². The first kappa shape index (κ1) is 18.4. The molecule has 7 nitrogen and oxygen atoms in total. The molecule has 2 N–H and O–H groups in total. The van der Waals surface area contributed by atoms with Crippen molar-refractivity contribution in [1.82, 2.24) is 19.4 Å². The molecule has 5 rings (SSSR count). The lowest BCUT2D eigenvalue weighted by Crippen LogP contribution is -2.36. The lowest BCUT2D eigenvalue weighted by atomic mass is 9.77. The van der Waals surface area contributed by atoms with Gasteiger partial charge in [0, 0.05) is 19.3 Å². The van der Waals surface area contributed by atoms with Crippen LogP contribution in [0.25, 0.3) is 11.0 Å². The number of nitrogens with one attached hydrogen (secondary N) is 1. The summed E-state index contributed by atoms with van der Waals surface area (Å²) < 4.78 is 2.06. The fraction of sp³-hybridized carbons (Fsp3) is 0.381. The van der Waals surface area contributed by atoms with Crippen LogP contribution < -0.4 is 5.56 Å². The second kappa shape index (κ2) is 7.00. The van der Waals surface area contributed by atoms with Crippen LogP contribution in [0.4, 0.5) is 0 Å². The molecule has 4 atom stereocenters. The van der Waals surface area contributed by atoms with Gasteiger partial charge in [-0.2, -0.15) is 0 Å². The molecule has 3 aromatic rings. The van der Waals surface area contributed by atoms with E-state index in [0.29, 0.717) is 24.5 Å². The Labute approximate surface area is 171 Å². The van der Waals surface area contributed by atoms with Crippen LogP contribution in [0.3, 0.4) is 0 Å². The maximum atomic E-state index is 12.9. The van der Waals surface area contributed by atoms with Crippen molar-refractivity contribution >= 4 is 28.5 Å². The number of amides is 1. The van der Waals surface area contributed by atoms with Crippen molar-refractivity contribution in [2.45, 2.75) is 25.0 Å².